The van der Waals surface area contributed by atoms with E-state index in [1.807, 2.05) is 13.8 Å². The van der Waals surface area contributed by atoms with Gasteiger partial charge in [-0.1, -0.05) is 0 Å². The van der Waals surface area contributed by atoms with Crippen LogP contribution in [0.3, 0.4) is 0 Å². The molecule has 1 aliphatic carbocycles. The number of oxazole rings is 1. The Kier molecular flexibility index (Phi) is 1.10. The van der Waals surface area contributed by atoms with Crippen molar-refractivity contribution in [2.75, 3.05) is 0 Å². The maximum Gasteiger partial charge on any atom is 0.197 e. The van der Waals surface area contributed by atoms with Crippen LogP contribution in [0.2, 0.25) is 0 Å². The molecule has 10 heavy (non-hydrogen) atoms. The Morgan fingerprint density at radius 2 is 2.10 bits per heavy atom. The minimum atomic E-state index is 0.646. The highest BCUT2D eigenvalue weighted by atomic mass is 16.4. The number of hydrogen-bond acceptors (Lipinski definition) is 2. The fourth-order valence-corrected chi connectivity index (χ4v) is 1.00. The molecule has 2 heteroatoms. The molecule has 0 bridgehead atoms. The normalized spacial score (nSPS) is 17.8. The summed E-state index contributed by atoms with van der Waals surface area (Å²) in [4.78, 5) is 4.31. The Hall–Kier alpha value is -0.790. The molecule has 0 spiro atoms. The molecule has 0 atom stereocenters. The van der Waals surface area contributed by atoms with Gasteiger partial charge in [-0.15, -0.1) is 0 Å². The van der Waals surface area contributed by atoms with Crippen molar-refractivity contribution in [2.45, 2.75) is 32.6 Å². The zero-order valence-electron chi connectivity index (χ0n) is 6.35. The number of hydrogen-bond donors (Lipinski definition) is 0. The standard InChI is InChI=1S/C8H11NO/c1-5-6(2)10-8(9-5)7-3-4-7/h7H,3-4H2,1-2H3. The highest BCUT2D eigenvalue weighted by molar-refractivity contribution is 5.10. The molecule has 2 nitrogen and oxygen atoms in total. The quantitative estimate of drug-likeness (QED) is 0.592. The number of aryl methyl sites for hydroxylation is 2. The second-order valence-corrected chi connectivity index (χ2v) is 2.97. The second kappa shape index (κ2) is 1.84. The molecule has 1 saturated carbocycles. The van der Waals surface area contributed by atoms with E-state index in [2.05, 4.69) is 4.98 Å². The SMILES string of the molecule is Cc1nc(C2CC2)oc1C. The van der Waals surface area contributed by atoms with Gasteiger partial charge in [0.25, 0.3) is 0 Å². The lowest BCUT2D eigenvalue weighted by molar-refractivity contribution is 0.472. The molecule has 0 aromatic carbocycles. The Morgan fingerprint density at radius 1 is 1.40 bits per heavy atom. The summed E-state index contributed by atoms with van der Waals surface area (Å²) in [6.45, 7) is 3.96. The van der Waals surface area contributed by atoms with Gasteiger partial charge in [-0.3, -0.25) is 0 Å². The summed E-state index contributed by atoms with van der Waals surface area (Å²) in [7, 11) is 0. The van der Waals surface area contributed by atoms with Crippen molar-refractivity contribution in [3.05, 3.63) is 17.3 Å². The summed E-state index contributed by atoms with van der Waals surface area (Å²) in [5, 5.41) is 0. The van der Waals surface area contributed by atoms with E-state index in [-0.39, 0.29) is 0 Å². The van der Waals surface area contributed by atoms with Crippen LogP contribution in [-0.4, -0.2) is 4.98 Å². The van der Waals surface area contributed by atoms with Gasteiger partial charge < -0.3 is 4.42 Å². The van der Waals surface area contributed by atoms with Gasteiger partial charge in [0.15, 0.2) is 5.89 Å². The predicted octanol–water partition coefficient (Wildman–Crippen LogP) is 2.17. The molecule has 2 rings (SSSR count). The average Bonchev–Trinajstić information content (AvgIpc) is 2.64. The van der Waals surface area contributed by atoms with E-state index in [4.69, 9.17) is 4.42 Å². The maximum atomic E-state index is 5.43. The maximum absolute atomic E-state index is 5.43. The molecule has 1 aliphatic rings. The van der Waals surface area contributed by atoms with Crippen molar-refractivity contribution in [2.24, 2.45) is 0 Å². The van der Waals surface area contributed by atoms with E-state index in [1.165, 1.54) is 12.8 Å². The second-order valence-electron chi connectivity index (χ2n) is 2.97. The fraction of sp³-hybridized carbons (Fsp3) is 0.625. The minimum Gasteiger partial charge on any atom is -0.445 e. The molecule has 1 fully saturated rings. The minimum absolute atomic E-state index is 0.646. The van der Waals surface area contributed by atoms with E-state index in [0.717, 1.165) is 17.3 Å². The molecule has 0 unspecified atom stereocenters. The zero-order valence-corrected chi connectivity index (χ0v) is 6.35. The molecule has 1 aromatic rings. The summed E-state index contributed by atoms with van der Waals surface area (Å²) in [5.74, 6) is 2.57. The van der Waals surface area contributed by atoms with Gasteiger partial charge >= 0.3 is 0 Å². The first-order valence-corrected chi connectivity index (χ1v) is 3.71. The Labute approximate surface area is 60.3 Å². The van der Waals surface area contributed by atoms with Crippen molar-refractivity contribution in [1.29, 1.82) is 0 Å². The third-order valence-corrected chi connectivity index (χ3v) is 1.97. The monoisotopic (exact) mass is 137 g/mol. The summed E-state index contributed by atoms with van der Waals surface area (Å²) in [6.07, 6.45) is 2.53. The van der Waals surface area contributed by atoms with Crippen LogP contribution in [0.25, 0.3) is 0 Å². The zero-order chi connectivity index (χ0) is 7.14. The van der Waals surface area contributed by atoms with Crippen molar-refractivity contribution in [3.63, 3.8) is 0 Å². The van der Waals surface area contributed by atoms with Gasteiger partial charge in [0, 0.05) is 5.92 Å². The van der Waals surface area contributed by atoms with Gasteiger partial charge in [0.2, 0.25) is 0 Å². The van der Waals surface area contributed by atoms with Crippen LogP contribution in [0, 0.1) is 13.8 Å². The number of aromatic nitrogens is 1. The highest BCUT2D eigenvalue weighted by Gasteiger charge is 2.28. The first-order valence-electron chi connectivity index (χ1n) is 3.71. The van der Waals surface area contributed by atoms with Crippen LogP contribution in [0.15, 0.2) is 4.42 Å². The van der Waals surface area contributed by atoms with E-state index < -0.39 is 0 Å². The molecule has 0 radical (unpaired) electrons. The molecular formula is C8H11NO. The molecule has 0 aliphatic heterocycles. The molecule has 54 valence electrons. The summed E-state index contributed by atoms with van der Waals surface area (Å²) in [6, 6.07) is 0. The molecule has 0 amide bonds. The van der Waals surface area contributed by atoms with Crippen molar-refractivity contribution in [1.82, 2.24) is 4.98 Å². The average molecular weight is 137 g/mol. The Bertz CT molecular complexity index is 228. The Balaban J connectivity index is 2.34. The largest absolute Gasteiger partial charge is 0.445 e. The van der Waals surface area contributed by atoms with Gasteiger partial charge in [-0.2, -0.15) is 0 Å². The van der Waals surface area contributed by atoms with Crippen LogP contribution in [0.4, 0.5) is 0 Å². The van der Waals surface area contributed by atoms with E-state index >= 15 is 0 Å². The summed E-state index contributed by atoms with van der Waals surface area (Å²) < 4.78 is 5.43. The number of nitrogens with zero attached hydrogens (tertiary/aromatic N) is 1. The fourth-order valence-electron chi connectivity index (χ4n) is 1.00. The van der Waals surface area contributed by atoms with E-state index in [9.17, 15) is 0 Å². The molecule has 1 heterocycles. The summed E-state index contributed by atoms with van der Waals surface area (Å²) >= 11 is 0. The van der Waals surface area contributed by atoms with Crippen LogP contribution in [0.5, 0.6) is 0 Å². The van der Waals surface area contributed by atoms with Crippen molar-refractivity contribution in [3.8, 4) is 0 Å². The third kappa shape index (κ3) is 0.838. The van der Waals surface area contributed by atoms with Crippen molar-refractivity contribution < 1.29 is 4.42 Å². The first kappa shape index (κ1) is 5.96. The van der Waals surface area contributed by atoms with Gasteiger partial charge in [-0.25, -0.2) is 4.98 Å². The van der Waals surface area contributed by atoms with E-state index in [0.29, 0.717) is 5.92 Å². The molecular weight excluding hydrogens is 126 g/mol. The van der Waals surface area contributed by atoms with Crippen LogP contribution in [-0.2, 0) is 0 Å². The van der Waals surface area contributed by atoms with Crippen LogP contribution >= 0.6 is 0 Å². The lowest BCUT2D eigenvalue weighted by Crippen LogP contribution is -1.76. The van der Waals surface area contributed by atoms with Crippen molar-refractivity contribution >= 4 is 0 Å². The van der Waals surface area contributed by atoms with Crippen LogP contribution < -0.4 is 0 Å². The molecule has 0 N–H and O–H groups in total. The number of rotatable bonds is 1. The Morgan fingerprint density at radius 3 is 2.50 bits per heavy atom. The van der Waals surface area contributed by atoms with E-state index in [1.54, 1.807) is 0 Å². The van der Waals surface area contributed by atoms with Gasteiger partial charge in [0.05, 0.1) is 5.69 Å². The van der Waals surface area contributed by atoms with Gasteiger partial charge in [0.1, 0.15) is 5.76 Å². The van der Waals surface area contributed by atoms with Gasteiger partial charge in [-0.05, 0) is 26.7 Å². The topological polar surface area (TPSA) is 26.0 Å². The highest BCUT2D eigenvalue weighted by Crippen LogP contribution is 2.39. The predicted molar refractivity (Wildman–Crippen MR) is 38.0 cm³/mol. The molecule has 0 saturated heterocycles. The molecule has 1 aromatic heterocycles. The summed E-state index contributed by atoms with van der Waals surface area (Å²) in [5.41, 5.74) is 1.04. The first-order chi connectivity index (χ1) is 4.77. The van der Waals surface area contributed by atoms with Crippen LogP contribution in [0.1, 0.15) is 36.1 Å². The smallest absolute Gasteiger partial charge is 0.197 e. The lowest BCUT2D eigenvalue weighted by Gasteiger charge is -1.83. The third-order valence-electron chi connectivity index (χ3n) is 1.97. The lowest BCUT2D eigenvalue weighted by atomic mass is 10.4.